The summed E-state index contributed by atoms with van der Waals surface area (Å²) in [5.74, 6) is 0.642. The predicted molar refractivity (Wildman–Crippen MR) is 87.0 cm³/mol. The summed E-state index contributed by atoms with van der Waals surface area (Å²) >= 11 is 0. The van der Waals surface area contributed by atoms with Crippen molar-refractivity contribution in [3.63, 3.8) is 0 Å². The molecule has 0 radical (unpaired) electrons. The van der Waals surface area contributed by atoms with E-state index in [1.807, 2.05) is 35.2 Å². The van der Waals surface area contributed by atoms with Crippen molar-refractivity contribution in [3.8, 4) is 5.75 Å². The number of hydrogen-bond donors (Lipinski definition) is 0. The number of esters is 1. The summed E-state index contributed by atoms with van der Waals surface area (Å²) in [7, 11) is 3.01. The Morgan fingerprint density at radius 1 is 1.22 bits per heavy atom. The molecule has 0 bridgehead atoms. The molecule has 1 heterocycles. The summed E-state index contributed by atoms with van der Waals surface area (Å²) in [5, 5.41) is 0. The standard InChI is InChI=1S/C18H23NO4/c1-22-16-10-8-14(9-11-16)13-19-12-4-6-15(18(19)21)5-3-7-17(20)23-2/h6,8-11H,3-5,7,12-13H2,1-2H3. The Hall–Kier alpha value is -2.30. The second-order valence-electron chi connectivity index (χ2n) is 5.52. The maximum Gasteiger partial charge on any atom is 0.305 e. The zero-order valence-electron chi connectivity index (χ0n) is 13.7. The minimum absolute atomic E-state index is 0.0666. The fraction of sp³-hybridized carbons (Fsp3) is 0.444. The van der Waals surface area contributed by atoms with Crippen LogP contribution in [0, 0.1) is 0 Å². The van der Waals surface area contributed by atoms with Crippen molar-refractivity contribution in [2.24, 2.45) is 0 Å². The quantitative estimate of drug-likeness (QED) is 0.726. The number of amides is 1. The number of carbonyl (C=O) groups is 2. The van der Waals surface area contributed by atoms with E-state index in [1.165, 1.54) is 7.11 Å². The van der Waals surface area contributed by atoms with Gasteiger partial charge in [-0.05, 0) is 37.0 Å². The maximum absolute atomic E-state index is 12.5. The first-order chi connectivity index (χ1) is 11.1. The first-order valence-electron chi connectivity index (χ1n) is 7.82. The van der Waals surface area contributed by atoms with Gasteiger partial charge in [-0.15, -0.1) is 0 Å². The molecular weight excluding hydrogens is 294 g/mol. The summed E-state index contributed by atoms with van der Waals surface area (Å²) < 4.78 is 9.76. The number of benzene rings is 1. The average molecular weight is 317 g/mol. The van der Waals surface area contributed by atoms with Crippen molar-refractivity contribution >= 4 is 11.9 Å². The SMILES string of the molecule is COC(=O)CCCC1=CCCN(Cc2ccc(OC)cc2)C1=O. The molecule has 0 saturated heterocycles. The molecule has 0 aliphatic carbocycles. The minimum atomic E-state index is -0.232. The topological polar surface area (TPSA) is 55.8 Å². The Bertz CT molecular complexity index is 577. The molecule has 5 nitrogen and oxygen atoms in total. The van der Waals surface area contributed by atoms with Crippen LogP contribution in [-0.4, -0.2) is 37.5 Å². The van der Waals surface area contributed by atoms with Crippen LogP contribution in [0.2, 0.25) is 0 Å². The molecule has 0 atom stereocenters. The van der Waals surface area contributed by atoms with E-state index < -0.39 is 0 Å². The molecule has 1 amide bonds. The molecular formula is C18H23NO4. The summed E-state index contributed by atoms with van der Waals surface area (Å²) in [6.45, 7) is 1.32. The molecule has 1 aromatic rings. The highest BCUT2D eigenvalue weighted by Crippen LogP contribution is 2.20. The van der Waals surface area contributed by atoms with E-state index in [2.05, 4.69) is 4.74 Å². The molecule has 1 aromatic carbocycles. The lowest BCUT2D eigenvalue weighted by atomic mass is 10.0. The number of hydrogen-bond acceptors (Lipinski definition) is 4. The second kappa shape index (κ2) is 8.36. The lowest BCUT2D eigenvalue weighted by molar-refractivity contribution is -0.140. The van der Waals surface area contributed by atoms with Gasteiger partial charge in [-0.3, -0.25) is 9.59 Å². The number of carbonyl (C=O) groups excluding carboxylic acids is 2. The molecule has 0 aromatic heterocycles. The minimum Gasteiger partial charge on any atom is -0.497 e. The first-order valence-corrected chi connectivity index (χ1v) is 7.82. The van der Waals surface area contributed by atoms with Crippen LogP contribution >= 0.6 is 0 Å². The Morgan fingerprint density at radius 3 is 2.61 bits per heavy atom. The fourth-order valence-electron chi connectivity index (χ4n) is 2.62. The van der Waals surface area contributed by atoms with Crippen LogP contribution in [0.5, 0.6) is 5.75 Å². The zero-order valence-corrected chi connectivity index (χ0v) is 13.7. The molecule has 0 fully saturated rings. The van der Waals surface area contributed by atoms with E-state index in [4.69, 9.17) is 4.74 Å². The molecule has 0 N–H and O–H groups in total. The third kappa shape index (κ3) is 4.84. The summed E-state index contributed by atoms with van der Waals surface area (Å²) in [4.78, 5) is 25.5. The number of ether oxygens (including phenoxy) is 2. The first kappa shape index (κ1) is 17.1. The molecule has 1 aliphatic rings. The molecule has 0 spiro atoms. The summed E-state index contributed by atoms with van der Waals surface area (Å²) in [6.07, 6.45) is 4.45. The van der Waals surface area contributed by atoms with Gasteiger partial charge in [0.25, 0.3) is 0 Å². The maximum atomic E-state index is 12.5. The van der Waals surface area contributed by atoms with Gasteiger partial charge in [0, 0.05) is 25.1 Å². The third-order valence-electron chi connectivity index (χ3n) is 3.94. The lowest BCUT2D eigenvalue weighted by Crippen LogP contribution is -2.35. The van der Waals surface area contributed by atoms with E-state index in [0.29, 0.717) is 25.8 Å². The molecule has 1 aliphatic heterocycles. The highest BCUT2D eigenvalue weighted by molar-refractivity contribution is 5.94. The molecule has 0 saturated carbocycles. The van der Waals surface area contributed by atoms with Gasteiger partial charge in [0.1, 0.15) is 5.75 Å². The van der Waals surface area contributed by atoms with E-state index >= 15 is 0 Å². The van der Waals surface area contributed by atoms with Gasteiger partial charge in [-0.2, -0.15) is 0 Å². The van der Waals surface area contributed by atoms with Crippen molar-refractivity contribution in [2.45, 2.75) is 32.2 Å². The Labute approximate surface area is 136 Å². The van der Waals surface area contributed by atoms with E-state index in [0.717, 1.165) is 29.9 Å². The van der Waals surface area contributed by atoms with Gasteiger partial charge in [-0.25, -0.2) is 0 Å². The van der Waals surface area contributed by atoms with Crippen LogP contribution in [0.25, 0.3) is 0 Å². The highest BCUT2D eigenvalue weighted by Gasteiger charge is 2.21. The van der Waals surface area contributed by atoms with Crippen LogP contribution in [0.1, 0.15) is 31.2 Å². The molecule has 124 valence electrons. The molecule has 2 rings (SSSR count). The fourth-order valence-corrected chi connectivity index (χ4v) is 2.62. The lowest BCUT2D eigenvalue weighted by Gasteiger charge is -2.27. The zero-order chi connectivity index (χ0) is 16.7. The largest absolute Gasteiger partial charge is 0.497 e. The monoisotopic (exact) mass is 317 g/mol. The third-order valence-corrected chi connectivity index (χ3v) is 3.94. The van der Waals surface area contributed by atoms with Crippen molar-refractivity contribution in [1.29, 1.82) is 0 Å². The van der Waals surface area contributed by atoms with Gasteiger partial charge >= 0.3 is 5.97 Å². The van der Waals surface area contributed by atoms with Crippen molar-refractivity contribution in [1.82, 2.24) is 4.90 Å². The number of rotatable bonds is 7. The van der Waals surface area contributed by atoms with Gasteiger partial charge in [0.05, 0.1) is 14.2 Å². The smallest absolute Gasteiger partial charge is 0.305 e. The van der Waals surface area contributed by atoms with Crippen LogP contribution in [0.15, 0.2) is 35.9 Å². The Kier molecular flexibility index (Phi) is 6.20. The second-order valence-corrected chi connectivity index (χ2v) is 5.52. The van der Waals surface area contributed by atoms with Crippen LogP contribution in [-0.2, 0) is 20.9 Å². The molecule has 23 heavy (non-hydrogen) atoms. The predicted octanol–water partition coefficient (Wildman–Crippen LogP) is 2.70. The van der Waals surface area contributed by atoms with Crippen molar-refractivity contribution in [2.75, 3.05) is 20.8 Å². The van der Waals surface area contributed by atoms with Gasteiger partial charge in [0.2, 0.25) is 5.91 Å². The number of methoxy groups -OCH3 is 2. The van der Waals surface area contributed by atoms with Gasteiger partial charge in [-0.1, -0.05) is 18.2 Å². The normalized spacial score (nSPS) is 14.4. The Balaban J connectivity index is 1.90. The number of nitrogens with zero attached hydrogens (tertiary/aromatic N) is 1. The average Bonchev–Trinajstić information content (AvgIpc) is 2.58. The van der Waals surface area contributed by atoms with E-state index in [-0.39, 0.29) is 11.9 Å². The summed E-state index contributed by atoms with van der Waals surface area (Å²) in [6, 6.07) is 7.75. The Morgan fingerprint density at radius 2 is 1.96 bits per heavy atom. The summed E-state index contributed by atoms with van der Waals surface area (Å²) in [5.41, 5.74) is 1.88. The molecule has 5 heteroatoms. The van der Waals surface area contributed by atoms with Gasteiger partial charge in [0.15, 0.2) is 0 Å². The van der Waals surface area contributed by atoms with Crippen LogP contribution in [0.4, 0.5) is 0 Å². The molecule has 0 unspecified atom stereocenters. The van der Waals surface area contributed by atoms with Crippen molar-refractivity contribution < 1.29 is 19.1 Å². The van der Waals surface area contributed by atoms with Crippen LogP contribution in [0.3, 0.4) is 0 Å². The van der Waals surface area contributed by atoms with Crippen LogP contribution < -0.4 is 4.74 Å². The van der Waals surface area contributed by atoms with E-state index in [1.54, 1.807) is 7.11 Å². The van der Waals surface area contributed by atoms with Gasteiger partial charge < -0.3 is 14.4 Å². The van der Waals surface area contributed by atoms with E-state index in [9.17, 15) is 9.59 Å². The van der Waals surface area contributed by atoms with Crippen molar-refractivity contribution in [3.05, 3.63) is 41.5 Å². The highest BCUT2D eigenvalue weighted by atomic mass is 16.5.